The van der Waals surface area contributed by atoms with E-state index in [-0.39, 0.29) is 10.2 Å². The zero-order valence-corrected chi connectivity index (χ0v) is 9.31. The smallest absolute Gasteiger partial charge is 0.275 e. The molecule has 15 heavy (non-hydrogen) atoms. The minimum atomic E-state index is -2.97. The summed E-state index contributed by atoms with van der Waals surface area (Å²) in [4.78, 5) is 14.2. The van der Waals surface area contributed by atoms with E-state index in [2.05, 4.69) is 20.9 Å². The van der Waals surface area contributed by atoms with Gasteiger partial charge in [0.25, 0.3) is 11.7 Å². The molecule has 0 aliphatic rings. The normalized spacial score (nSPS) is 10.1. The van der Waals surface area contributed by atoms with Crippen molar-refractivity contribution in [1.82, 2.24) is 4.98 Å². The summed E-state index contributed by atoms with van der Waals surface area (Å²) >= 11 is 8.01. The second-order valence-electron chi connectivity index (χ2n) is 2.44. The summed E-state index contributed by atoms with van der Waals surface area (Å²) in [5, 5.41) is 7.45. The van der Waals surface area contributed by atoms with Crippen molar-refractivity contribution in [3.05, 3.63) is 27.5 Å². The number of nitriles is 1. The van der Waals surface area contributed by atoms with Crippen LogP contribution in [-0.2, 0) is 0 Å². The summed E-state index contributed by atoms with van der Waals surface area (Å²) in [6.45, 7) is 0. The van der Waals surface area contributed by atoms with Gasteiger partial charge in [0.15, 0.2) is 0 Å². The molecule has 78 valence electrons. The number of carbonyl (C=O) groups is 1. The first kappa shape index (κ1) is 12.0. The Morgan fingerprint density at radius 2 is 2.27 bits per heavy atom. The number of hydrogen-bond donors (Lipinski definition) is 0. The topological polar surface area (TPSA) is 53.8 Å². The molecule has 0 N–H and O–H groups in total. The molecular formula is C8H2BrClF2N2O. The molecule has 0 aliphatic carbocycles. The van der Waals surface area contributed by atoms with Crippen LogP contribution in [0, 0.1) is 11.3 Å². The highest BCUT2D eigenvalue weighted by atomic mass is 79.9. The molecule has 3 nitrogen and oxygen atoms in total. The summed E-state index contributed by atoms with van der Waals surface area (Å²) < 4.78 is 25.0. The molecule has 1 heterocycles. The van der Waals surface area contributed by atoms with Crippen LogP contribution in [0.5, 0.6) is 0 Å². The third-order valence-corrected chi connectivity index (χ3v) is 2.33. The number of alkyl halides is 2. The number of pyridine rings is 1. The van der Waals surface area contributed by atoms with Crippen LogP contribution in [0.15, 0.2) is 10.5 Å². The lowest BCUT2D eigenvalue weighted by molar-refractivity contribution is 0.106. The molecule has 1 rings (SSSR count). The SMILES string of the molecule is N#Cc1cc(Br)c(C(=O)Cl)c(C(F)F)n1. The third kappa shape index (κ3) is 2.49. The molecule has 0 fully saturated rings. The van der Waals surface area contributed by atoms with Crippen molar-refractivity contribution < 1.29 is 13.6 Å². The molecule has 0 unspecified atom stereocenters. The highest BCUT2D eigenvalue weighted by Crippen LogP contribution is 2.28. The van der Waals surface area contributed by atoms with Crippen molar-refractivity contribution in [2.75, 3.05) is 0 Å². The lowest BCUT2D eigenvalue weighted by atomic mass is 10.2. The van der Waals surface area contributed by atoms with Crippen LogP contribution in [0.2, 0.25) is 0 Å². The van der Waals surface area contributed by atoms with E-state index in [1.807, 2.05) is 0 Å². The monoisotopic (exact) mass is 294 g/mol. The van der Waals surface area contributed by atoms with E-state index < -0.39 is 22.9 Å². The summed E-state index contributed by atoms with van der Waals surface area (Å²) in [7, 11) is 0. The van der Waals surface area contributed by atoms with Gasteiger partial charge in [-0.3, -0.25) is 4.79 Å². The van der Waals surface area contributed by atoms with E-state index in [1.54, 1.807) is 6.07 Å². The largest absolute Gasteiger partial charge is 0.281 e. The van der Waals surface area contributed by atoms with Gasteiger partial charge in [0.05, 0.1) is 5.56 Å². The predicted molar refractivity (Wildman–Crippen MR) is 51.8 cm³/mol. The Labute approximate surface area is 96.8 Å². The van der Waals surface area contributed by atoms with Gasteiger partial charge in [0.2, 0.25) is 0 Å². The Hall–Kier alpha value is -1.06. The fraction of sp³-hybridized carbons (Fsp3) is 0.125. The molecule has 0 spiro atoms. The molecule has 1 aromatic heterocycles. The van der Waals surface area contributed by atoms with Crippen LogP contribution in [0.4, 0.5) is 8.78 Å². The van der Waals surface area contributed by atoms with E-state index in [0.29, 0.717) is 0 Å². The van der Waals surface area contributed by atoms with Crippen molar-refractivity contribution in [1.29, 1.82) is 5.26 Å². The van der Waals surface area contributed by atoms with E-state index in [0.717, 1.165) is 6.07 Å². The minimum absolute atomic E-state index is 0.0318. The molecule has 0 amide bonds. The maximum atomic E-state index is 12.5. The quantitative estimate of drug-likeness (QED) is 0.788. The van der Waals surface area contributed by atoms with Crippen LogP contribution in [0.3, 0.4) is 0 Å². The Morgan fingerprint density at radius 1 is 1.67 bits per heavy atom. The number of nitrogens with zero attached hydrogens (tertiary/aromatic N) is 2. The van der Waals surface area contributed by atoms with Crippen molar-refractivity contribution >= 4 is 32.8 Å². The van der Waals surface area contributed by atoms with Gasteiger partial charge < -0.3 is 0 Å². The van der Waals surface area contributed by atoms with E-state index in [4.69, 9.17) is 16.9 Å². The molecule has 0 aromatic carbocycles. The van der Waals surface area contributed by atoms with Crippen LogP contribution in [0.1, 0.15) is 28.2 Å². The number of hydrogen-bond acceptors (Lipinski definition) is 3. The van der Waals surface area contributed by atoms with E-state index in [1.165, 1.54) is 0 Å². The molecule has 0 atom stereocenters. The average Bonchev–Trinajstić information content (AvgIpc) is 2.15. The lowest BCUT2D eigenvalue weighted by Crippen LogP contribution is -2.04. The highest BCUT2D eigenvalue weighted by Gasteiger charge is 2.22. The average molecular weight is 295 g/mol. The number of aromatic nitrogens is 1. The first-order chi connectivity index (χ1) is 6.97. The standard InChI is InChI=1S/C8H2BrClF2N2O/c9-4-1-3(2-13)14-6(8(11)12)5(4)7(10)15/h1,8H. The van der Waals surface area contributed by atoms with Crippen molar-refractivity contribution in [3.63, 3.8) is 0 Å². The molecule has 0 saturated heterocycles. The molecule has 0 bridgehead atoms. The van der Waals surface area contributed by atoms with Gasteiger partial charge in [0, 0.05) is 4.47 Å². The van der Waals surface area contributed by atoms with Crippen LogP contribution in [0.25, 0.3) is 0 Å². The van der Waals surface area contributed by atoms with Crippen LogP contribution >= 0.6 is 27.5 Å². The lowest BCUT2D eigenvalue weighted by Gasteiger charge is -2.06. The second kappa shape index (κ2) is 4.64. The molecule has 0 aliphatic heterocycles. The third-order valence-electron chi connectivity index (χ3n) is 1.52. The molecule has 0 radical (unpaired) electrons. The summed E-state index contributed by atoms with van der Waals surface area (Å²) in [6.07, 6.45) is -2.97. The van der Waals surface area contributed by atoms with E-state index in [9.17, 15) is 13.6 Å². The van der Waals surface area contributed by atoms with Crippen LogP contribution in [-0.4, -0.2) is 10.2 Å². The van der Waals surface area contributed by atoms with Gasteiger partial charge in [-0.15, -0.1) is 0 Å². The van der Waals surface area contributed by atoms with Gasteiger partial charge in [-0.05, 0) is 33.6 Å². The Balaban J connectivity index is 3.51. The van der Waals surface area contributed by atoms with E-state index >= 15 is 0 Å². The number of halogens is 4. The second-order valence-corrected chi connectivity index (χ2v) is 3.63. The highest BCUT2D eigenvalue weighted by molar-refractivity contribution is 9.10. The first-order valence-corrected chi connectivity index (χ1v) is 4.73. The number of carbonyl (C=O) groups excluding carboxylic acids is 1. The minimum Gasteiger partial charge on any atom is -0.275 e. The van der Waals surface area contributed by atoms with Gasteiger partial charge in [0.1, 0.15) is 17.5 Å². The molecule has 0 saturated carbocycles. The summed E-state index contributed by atoms with van der Waals surface area (Å²) in [5.41, 5.74) is -1.41. The van der Waals surface area contributed by atoms with Gasteiger partial charge in [-0.1, -0.05) is 0 Å². The zero-order valence-electron chi connectivity index (χ0n) is 6.97. The molecule has 7 heteroatoms. The fourth-order valence-electron chi connectivity index (χ4n) is 0.942. The summed E-state index contributed by atoms with van der Waals surface area (Å²) in [5.74, 6) is 0. The fourth-order valence-corrected chi connectivity index (χ4v) is 1.86. The molecular weight excluding hydrogens is 293 g/mol. The van der Waals surface area contributed by atoms with Crippen molar-refractivity contribution in [2.45, 2.75) is 6.43 Å². The van der Waals surface area contributed by atoms with Gasteiger partial charge >= 0.3 is 0 Å². The number of rotatable bonds is 2. The first-order valence-electron chi connectivity index (χ1n) is 3.56. The Bertz CT molecular complexity index is 459. The Morgan fingerprint density at radius 3 is 2.67 bits per heavy atom. The van der Waals surface area contributed by atoms with Gasteiger partial charge in [-0.25, -0.2) is 13.8 Å². The molecule has 1 aromatic rings. The predicted octanol–water partition coefficient (Wildman–Crippen LogP) is 3.03. The van der Waals surface area contributed by atoms with Gasteiger partial charge in [-0.2, -0.15) is 5.26 Å². The van der Waals surface area contributed by atoms with Crippen molar-refractivity contribution in [2.24, 2.45) is 0 Å². The zero-order chi connectivity index (χ0) is 11.6. The maximum Gasteiger partial charge on any atom is 0.281 e. The Kier molecular flexibility index (Phi) is 3.72. The van der Waals surface area contributed by atoms with Crippen LogP contribution < -0.4 is 0 Å². The summed E-state index contributed by atoms with van der Waals surface area (Å²) in [6, 6.07) is 2.75. The maximum absolute atomic E-state index is 12.5. The van der Waals surface area contributed by atoms with Crippen molar-refractivity contribution in [3.8, 4) is 6.07 Å².